The van der Waals surface area contributed by atoms with Crippen LogP contribution in [0.3, 0.4) is 0 Å². The number of halogens is 1. The lowest BCUT2D eigenvalue weighted by Crippen LogP contribution is -2.19. The summed E-state index contributed by atoms with van der Waals surface area (Å²) in [5.74, 6) is -0.251. The maximum atomic E-state index is 12.1. The fourth-order valence-corrected chi connectivity index (χ4v) is 2.14. The molecule has 0 aliphatic carbocycles. The lowest BCUT2D eigenvalue weighted by molar-refractivity contribution is -0.119. The second-order valence-corrected chi connectivity index (χ2v) is 5.39. The predicted octanol–water partition coefficient (Wildman–Crippen LogP) is 3.34. The monoisotopic (exact) mass is 346 g/mol. The summed E-state index contributed by atoms with van der Waals surface area (Å²) in [4.78, 5) is 23.0. The van der Waals surface area contributed by atoms with E-state index in [-0.39, 0.29) is 11.8 Å². The molecule has 4 nitrogen and oxygen atoms in total. The average molecular weight is 347 g/mol. The number of amides is 2. The number of hydrogen-bond acceptors (Lipinski definition) is 2. The van der Waals surface area contributed by atoms with Gasteiger partial charge in [0.05, 0.1) is 5.69 Å². The highest BCUT2D eigenvalue weighted by Gasteiger charge is 2.07. The molecule has 108 valence electrons. The fraction of sp³-hybridized carbons (Fsp3) is 0.125. The zero-order chi connectivity index (χ0) is 15.2. The van der Waals surface area contributed by atoms with Crippen LogP contribution in [0.25, 0.3) is 0 Å². The van der Waals surface area contributed by atoms with Gasteiger partial charge in [0.25, 0.3) is 5.91 Å². The van der Waals surface area contributed by atoms with Crippen molar-refractivity contribution < 1.29 is 9.59 Å². The van der Waals surface area contributed by atoms with Crippen LogP contribution in [-0.2, 0) is 11.3 Å². The van der Waals surface area contributed by atoms with Gasteiger partial charge >= 0.3 is 0 Å². The van der Waals surface area contributed by atoms with Gasteiger partial charge in [-0.15, -0.1) is 0 Å². The standard InChI is InChI=1S/C16H15BrN2O2/c1-11(20)18-10-12-6-8-13(9-7-12)16(21)19-15-5-3-2-4-14(15)17/h2-9H,10H2,1H3,(H,18,20)(H,19,21). The van der Waals surface area contributed by atoms with Gasteiger partial charge in [-0.2, -0.15) is 0 Å². The summed E-state index contributed by atoms with van der Waals surface area (Å²) < 4.78 is 0.834. The molecule has 0 saturated heterocycles. The van der Waals surface area contributed by atoms with E-state index >= 15 is 0 Å². The largest absolute Gasteiger partial charge is 0.352 e. The number of para-hydroxylation sites is 1. The van der Waals surface area contributed by atoms with Crippen LogP contribution >= 0.6 is 15.9 Å². The first-order chi connectivity index (χ1) is 10.1. The SMILES string of the molecule is CC(=O)NCc1ccc(C(=O)Nc2ccccc2Br)cc1. The van der Waals surface area contributed by atoms with E-state index in [1.165, 1.54) is 6.92 Å². The third-order valence-corrected chi connectivity index (χ3v) is 3.57. The number of anilines is 1. The Labute approximate surface area is 131 Å². The molecular formula is C16H15BrN2O2. The molecule has 5 heteroatoms. The molecule has 2 amide bonds. The molecule has 2 aromatic carbocycles. The predicted molar refractivity (Wildman–Crippen MR) is 86.1 cm³/mol. The summed E-state index contributed by atoms with van der Waals surface area (Å²) in [6, 6.07) is 14.6. The van der Waals surface area contributed by atoms with Crippen LogP contribution in [0, 0.1) is 0 Å². The molecule has 0 bridgehead atoms. The van der Waals surface area contributed by atoms with Crippen molar-refractivity contribution >= 4 is 33.4 Å². The highest BCUT2D eigenvalue weighted by atomic mass is 79.9. The molecule has 0 fully saturated rings. The first kappa shape index (κ1) is 15.3. The van der Waals surface area contributed by atoms with E-state index in [9.17, 15) is 9.59 Å². The van der Waals surface area contributed by atoms with E-state index in [1.807, 2.05) is 36.4 Å². The van der Waals surface area contributed by atoms with Crippen LogP contribution < -0.4 is 10.6 Å². The second-order valence-electron chi connectivity index (χ2n) is 4.54. The Morgan fingerprint density at radius 3 is 2.33 bits per heavy atom. The second kappa shape index (κ2) is 7.04. The van der Waals surface area contributed by atoms with E-state index in [4.69, 9.17) is 0 Å². The summed E-state index contributed by atoms with van der Waals surface area (Å²) in [5.41, 5.74) is 2.24. The van der Waals surface area contributed by atoms with E-state index < -0.39 is 0 Å². The number of benzene rings is 2. The molecule has 0 unspecified atom stereocenters. The molecule has 0 saturated carbocycles. The van der Waals surface area contributed by atoms with Gasteiger partial charge in [-0.25, -0.2) is 0 Å². The number of rotatable bonds is 4. The molecule has 2 aromatic rings. The molecule has 0 aliphatic rings. The Morgan fingerprint density at radius 2 is 1.71 bits per heavy atom. The van der Waals surface area contributed by atoms with Gasteiger partial charge in [-0.1, -0.05) is 24.3 Å². The number of carbonyl (C=O) groups excluding carboxylic acids is 2. The van der Waals surface area contributed by atoms with Gasteiger partial charge in [-0.05, 0) is 45.8 Å². The fourth-order valence-electron chi connectivity index (χ4n) is 1.76. The van der Waals surface area contributed by atoms with Gasteiger partial charge in [0.1, 0.15) is 0 Å². The lowest BCUT2D eigenvalue weighted by atomic mass is 10.1. The number of nitrogens with one attached hydrogen (secondary N) is 2. The van der Waals surface area contributed by atoms with Crippen molar-refractivity contribution in [2.45, 2.75) is 13.5 Å². The summed E-state index contributed by atoms with van der Waals surface area (Å²) in [7, 11) is 0. The van der Waals surface area contributed by atoms with Crippen LogP contribution in [-0.4, -0.2) is 11.8 Å². The molecule has 0 radical (unpaired) electrons. The first-order valence-electron chi connectivity index (χ1n) is 6.45. The Balaban J connectivity index is 2.03. The first-order valence-corrected chi connectivity index (χ1v) is 7.25. The maximum Gasteiger partial charge on any atom is 0.255 e. The minimum absolute atomic E-state index is 0.0780. The third-order valence-electron chi connectivity index (χ3n) is 2.88. The highest BCUT2D eigenvalue weighted by Crippen LogP contribution is 2.21. The van der Waals surface area contributed by atoms with Crippen molar-refractivity contribution in [2.75, 3.05) is 5.32 Å². The van der Waals surface area contributed by atoms with Crippen molar-refractivity contribution in [1.82, 2.24) is 5.32 Å². The van der Waals surface area contributed by atoms with Crippen LogP contribution in [0.2, 0.25) is 0 Å². The van der Waals surface area contributed by atoms with Gasteiger partial charge in [-0.3, -0.25) is 9.59 Å². The highest BCUT2D eigenvalue weighted by molar-refractivity contribution is 9.10. The summed E-state index contributed by atoms with van der Waals surface area (Å²) in [5, 5.41) is 5.55. The van der Waals surface area contributed by atoms with E-state index in [1.54, 1.807) is 12.1 Å². The summed E-state index contributed by atoms with van der Waals surface area (Å²) in [6.07, 6.45) is 0. The van der Waals surface area contributed by atoms with E-state index in [0.717, 1.165) is 15.7 Å². The van der Waals surface area contributed by atoms with Crippen molar-refractivity contribution in [2.24, 2.45) is 0 Å². The molecule has 0 spiro atoms. The zero-order valence-corrected chi connectivity index (χ0v) is 13.1. The van der Waals surface area contributed by atoms with Crippen molar-refractivity contribution in [3.05, 3.63) is 64.1 Å². The number of hydrogen-bond donors (Lipinski definition) is 2. The van der Waals surface area contributed by atoms with Crippen LogP contribution in [0.15, 0.2) is 53.0 Å². The van der Waals surface area contributed by atoms with Gasteiger partial charge in [0.15, 0.2) is 0 Å². The maximum absolute atomic E-state index is 12.1. The average Bonchev–Trinajstić information content (AvgIpc) is 2.48. The summed E-state index contributed by atoms with van der Waals surface area (Å²) in [6.45, 7) is 1.93. The Bertz CT molecular complexity index is 654. The zero-order valence-electron chi connectivity index (χ0n) is 11.5. The van der Waals surface area contributed by atoms with Crippen LogP contribution in [0.4, 0.5) is 5.69 Å². The van der Waals surface area contributed by atoms with Gasteiger partial charge in [0.2, 0.25) is 5.91 Å². The third kappa shape index (κ3) is 4.43. The number of carbonyl (C=O) groups is 2. The Hall–Kier alpha value is -2.14. The minimum Gasteiger partial charge on any atom is -0.352 e. The molecule has 0 heterocycles. The van der Waals surface area contributed by atoms with Gasteiger partial charge in [0, 0.05) is 23.5 Å². The van der Waals surface area contributed by atoms with E-state index in [2.05, 4.69) is 26.6 Å². The molecule has 2 rings (SSSR count). The van der Waals surface area contributed by atoms with Crippen LogP contribution in [0.1, 0.15) is 22.8 Å². The molecule has 2 N–H and O–H groups in total. The van der Waals surface area contributed by atoms with E-state index in [0.29, 0.717) is 12.1 Å². The quantitative estimate of drug-likeness (QED) is 0.891. The van der Waals surface area contributed by atoms with Crippen molar-refractivity contribution in [3.8, 4) is 0 Å². The van der Waals surface area contributed by atoms with Gasteiger partial charge < -0.3 is 10.6 Å². The smallest absolute Gasteiger partial charge is 0.255 e. The van der Waals surface area contributed by atoms with Crippen LogP contribution in [0.5, 0.6) is 0 Å². The molecule has 0 aliphatic heterocycles. The normalized spacial score (nSPS) is 10.0. The molecular weight excluding hydrogens is 332 g/mol. The topological polar surface area (TPSA) is 58.2 Å². The Morgan fingerprint density at radius 1 is 1.05 bits per heavy atom. The minimum atomic E-state index is -0.173. The summed E-state index contributed by atoms with van der Waals surface area (Å²) >= 11 is 3.39. The Kier molecular flexibility index (Phi) is 5.11. The molecule has 0 atom stereocenters. The lowest BCUT2D eigenvalue weighted by Gasteiger charge is -2.08. The van der Waals surface area contributed by atoms with Crippen molar-refractivity contribution in [1.29, 1.82) is 0 Å². The molecule has 21 heavy (non-hydrogen) atoms. The van der Waals surface area contributed by atoms with Crippen molar-refractivity contribution in [3.63, 3.8) is 0 Å². The molecule has 0 aromatic heterocycles.